The summed E-state index contributed by atoms with van der Waals surface area (Å²) in [5, 5.41) is 2.79. The Morgan fingerprint density at radius 2 is 2.20 bits per heavy atom. The zero-order chi connectivity index (χ0) is 8.15. The topological polar surface area (TPSA) is 32.3 Å². The van der Waals surface area contributed by atoms with Crippen LogP contribution < -0.4 is 5.32 Å². The van der Waals surface area contributed by atoms with Gasteiger partial charge in [0, 0.05) is 20.5 Å². The van der Waals surface area contributed by atoms with Crippen LogP contribution in [0.25, 0.3) is 0 Å². The third-order valence-corrected chi connectivity index (χ3v) is 1.37. The fourth-order valence-electron chi connectivity index (χ4n) is 0.555. The fourth-order valence-corrected chi connectivity index (χ4v) is 0.555. The summed E-state index contributed by atoms with van der Waals surface area (Å²) in [5.74, 6) is 0.700. The molecule has 3 nitrogen and oxygen atoms in total. The van der Waals surface area contributed by atoms with Crippen molar-refractivity contribution < 1.29 is 4.79 Å². The number of rotatable bonds is 3. The van der Waals surface area contributed by atoms with Gasteiger partial charge < -0.3 is 10.2 Å². The van der Waals surface area contributed by atoms with Gasteiger partial charge in [-0.2, -0.15) is 0 Å². The van der Waals surface area contributed by atoms with E-state index in [0.717, 1.165) is 0 Å². The summed E-state index contributed by atoms with van der Waals surface area (Å²) in [6, 6.07) is 0. The molecule has 0 saturated heterocycles. The lowest BCUT2D eigenvalue weighted by Gasteiger charge is -2.17. The molecular formula is C7H14N2O. The quantitative estimate of drug-likeness (QED) is 0.624. The Kier molecular flexibility index (Phi) is 3.54. The molecule has 0 fully saturated rings. The first-order chi connectivity index (χ1) is 4.63. The van der Waals surface area contributed by atoms with Crippen LogP contribution in [0.1, 0.15) is 13.3 Å². The smallest absolute Gasteiger partial charge is 0.227 e. The molecule has 0 spiro atoms. The van der Waals surface area contributed by atoms with Gasteiger partial charge in [-0.3, -0.25) is 4.79 Å². The van der Waals surface area contributed by atoms with E-state index in [1.54, 1.807) is 14.1 Å². The van der Waals surface area contributed by atoms with Gasteiger partial charge in [-0.25, -0.2) is 0 Å². The number of nitrogens with one attached hydrogen (secondary N) is 1. The number of hydrogen-bond acceptors (Lipinski definition) is 2. The minimum atomic E-state index is 0.0688. The zero-order valence-electron chi connectivity index (χ0n) is 6.77. The zero-order valence-corrected chi connectivity index (χ0v) is 6.77. The van der Waals surface area contributed by atoms with Crippen molar-refractivity contribution in [1.82, 2.24) is 10.2 Å². The monoisotopic (exact) mass is 142 g/mol. The van der Waals surface area contributed by atoms with Crippen molar-refractivity contribution in [3.05, 3.63) is 12.4 Å². The summed E-state index contributed by atoms with van der Waals surface area (Å²) >= 11 is 0. The lowest BCUT2D eigenvalue weighted by molar-refractivity contribution is -0.128. The van der Waals surface area contributed by atoms with Gasteiger partial charge in [-0.05, 0) is 0 Å². The molecule has 58 valence electrons. The Bertz CT molecular complexity index is 127. The third-order valence-electron chi connectivity index (χ3n) is 1.37. The second-order valence-electron chi connectivity index (χ2n) is 2.00. The molecule has 1 N–H and O–H groups in total. The number of amides is 1. The predicted molar refractivity (Wildman–Crippen MR) is 41.3 cm³/mol. The normalized spacial score (nSPS) is 8.70. The van der Waals surface area contributed by atoms with Gasteiger partial charge in [-0.15, -0.1) is 0 Å². The van der Waals surface area contributed by atoms with Gasteiger partial charge in [0.25, 0.3) is 0 Å². The van der Waals surface area contributed by atoms with Crippen LogP contribution in [0.2, 0.25) is 0 Å². The van der Waals surface area contributed by atoms with Crippen LogP contribution in [0.15, 0.2) is 12.4 Å². The van der Waals surface area contributed by atoms with Gasteiger partial charge in [0.15, 0.2) is 0 Å². The van der Waals surface area contributed by atoms with Crippen molar-refractivity contribution in [2.45, 2.75) is 13.3 Å². The van der Waals surface area contributed by atoms with Crippen molar-refractivity contribution in [2.24, 2.45) is 0 Å². The van der Waals surface area contributed by atoms with Crippen molar-refractivity contribution in [3.8, 4) is 0 Å². The van der Waals surface area contributed by atoms with E-state index in [4.69, 9.17) is 0 Å². The van der Waals surface area contributed by atoms with Crippen molar-refractivity contribution >= 4 is 5.91 Å². The molecular weight excluding hydrogens is 128 g/mol. The molecule has 0 aromatic heterocycles. The van der Waals surface area contributed by atoms with Crippen molar-refractivity contribution in [1.29, 1.82) is 0 Å². The molecule has 10 heavy (non-hydrogen) atoms. The van der Waals surface area contributed by atoms with E-state index in [1.165, 1.54) is 4.90 Å². The summed E-state index contributed by atoms with van der Waals surface area (Å²) in [6.07, 6.45) is 0.511. The highest BCUT2D eigenvalue weighted by molar-refractivity contribution is 5.77. The maximum absolute atomic E-state index is 10.9. The van der Waals surface area contributed by atoms with E-state index in [9.17, 15) is 4.79 Å². The van der Waals surface area contributed by atoms with Gasteiger partial charge in [0.05, 0.1) is 0 Å². The van der Waals surface area contributed by atoms with Crippen LogP contribution in [0, 0.1) is 0 Å². The van der Waals surface area contributed by atoms with Crippen LogP contribution in [0.4, 0.5) is 0 Å². The average Bonchev–Trinajstić information content (AvgIpc) is 2.00. The summed E-state index contributed by atoms with van der Waals surface area (Å²) < 4.78 is 0. The molecule has 1 amide bonds. The molecule has 0 aliphatic carbocycles. The van der Waals surface area contributed by atoms with E-state index in [0.29, 0.717) is 12.2 Å². The maximum atomic E-state index is 10.9. The van der Waals surface area contributed by atoms with E-state index < -0.39 is 0 Å². The first-order valence-corrected chi connectivity index (χ1v) is 3.26. The maximum Gasteiger partial charge on any atom is 0.227 e. The standard InChI is InChI=1S/C7H14N2O/c1-5-7(10)9(4)6(2)8-3/h8H,2,5H2,1,3-4H3. The van der Waals surface area contributed by atoms with E-state index in [-0.39, 0.29) is 5.91 Å². The minimum Gasteiger partial charge on any atom is -0.375 e. The summed E-state index contributed by atoms with van der Waals surface area (Å²) in [6.45, 7) is 5.46. The molecule has 0 aromatic rings. The Balaban J connectivity index is 3.94. The Morgan fingerprint density at radius 1 is 1.70 bits per heavy atom. The number of carbonyl (C=O) groups excluding carboxylic acids is 1. The van der Waals surface area contributed by atoms with E-state index in [1.807, 2.05) is 6.92 Å². The Labute approximate surface area is 61.7 Å². The van der Waals surface area contributed by atoms with Crippen molar-refractivity contribution in [2.75, 3.05) is 14.1 Å². The Hall–Kier alpha value is -0.990. The van der Waals surface area contributed by atoms with E-state index in [2.05, 4.69) is 11.9 Å². The van der Waals surface area contributed by atoms with Crippen LogP contribution in [-0.4, -0.2) is 24.9 Å². The summed E-state index contributed by atoms with van der Waals surface area (Å²) in [5.41, 5.74) is 0. The molecule has 0 radical (unpaired) electrons. The lowest BCUT2D eigenvalue weighted by atomic mass is 10.4. The molecule has 0 rings (SSSR count). The summed E-state index contributed by atoms with van der Waals surface area (Å²) in [4.78, 5) is 12.4. The van der Waals surface area contributed by atoms with Gasteiger partial charge >= 0.3 is 0 Å². The molecule has 0 aromatic carbocycles. The lowest BCUT2D eigenvalue weighted by Crippen LogP contribution is -2.30. The van der Waals surface area contributed by atoms with Gasteiger partial charge in [0.1, 0.15) is 5.82 Å². The highest BCUT2D eigenvalue weighted by atomic mass is 16.2. The predicted octanol–water partition coefficient (Wildman–Crippen LogP) is 0.545. The second kappa shape index (κ2) is 3.93. The highest BCUT2D eigenvalue weighted by Gasteiger charge is 2.06. The molecule has 0 saturated carbocycles. The first kappa shape index (κ1) is 9.01. The van der Waals surface area contributed by atoms with Crippen LogP contribution >= 0.6 is 0 Å². The largest absolute Gasteiger partial charge is 0.375 e. The molecule has 0 heterocycles. The number of hydrogen-bond donors (Lipinski definition) is 1. The Morgan fingerprint density at radius 3 is 2.50 bits per heavy atom. The van der Waals surface area contributed by atoms with E-state index >= 15 is 0 Å². The third kappa shape index (κ3) is 2.09. The molecule has 0 aliphatic rings. The number of nitrogens with zero attached hydrogens (tertiary/aromatic N) is 1. The van der Waals surface area contributed by atoms with Gasteiger partial charge in [-0.1, -0.05) is 13.5 Å². The fraction of sp³-hybridized carbons (Fsp3) is 0.571. The molecule has 3 heteroatoms. The van der Waals surface area contributed by atoms with Gasteiger partial charge in [0.2, 0.25) is 5.91 Å². The molecule has 0 unspecified atom stereocenters. The van der Waals surface area contributed by atoms with Crippen LogP contribution in [-0.2, 0) is 4.79 Å². The van der Waals surface area contributed by atoms with Crippen LogP contribution in [0.5, 0.6) is 0 Å². The molecule has 0 bridgehead atoms. The van der Waals surface area contributed by atoms with Crippen molar-refractivity contribution in [3.63, 3.8) is 0 Å². The highest BCUT2D eigenvalue weighted by Crippen LogP contribution is 1.95. The van der Waals surface area contributed by atoms with Crippen LogP contribution in [0.3, 0.4) is 0 Å². The first-order valence-electron chi connectivity index (χ1n) is 3.26. The second-order valence-corrected chi connectivity index (χ2v) is 2.00. The molecule has 0 aliphatic heterocycles. The number of carbonyl (C=O) groups is 1. The summed E-state index contributed by atoms with van der Waals surface area (Å²) in [7, 11) is 3.44. The SMILES string of the molecule is C=C(NC)N(C)C(=O)CC. The molecule has 0 atom stereocenters. The average molecular weight is 142 g/mol. The minimum absolute atomic E-state index is 0.0688.